The summed E-state index contributed by atoms with van der Waals surface area (Å²) in [7, 11) is 1.64. The Balaban J connectivity index is 1.86. The molecule has 1 aromatic rings. The third-order valence-electron chi connectivity index (χ3n) is 4.20. The van der Waals surface area contributed by atoms with Gasteiger partial charge in [-0.1, -0.05) is 12.1 Å². The number of methoxy groups -OCH3 is 1. The first-order valence-electron chi connectivity index (χ1n) is 7.39. The van der Waals surface area contributed by atoms with E-state index in [1.807, 2.05) is 24.3 Å². The molecule has 1 atom stereocenters. The number of piperazine rings is 1. The van der Waals surface area contributed by atoms with Crippen LogP contribution in [-0.4, -0.2) is 43.0 Å². The van der Waals surface area contributed by atoms with Crippen molar-refractivity contribution in [3.05, 3.63) is 29.8 Å². The highest BCUT2D eigenvalue weighted by Crippen LogP contribution is 2.27. The predicted molar refractivity (Wildman–Crippen MR) is 78.9 cm³/mol. The second-order valence-corrected chi connectivity index (χ2v) is 5.63. The lowest BCUT2D eigenvalue weighted by Crippen LogP contribution is -2.61. The fourth-order valence-electron chi connectivity index (χ4n) is 3.17. The highest BCUT2D eigenvalue weighted by molar-refractivity contribution is 6.06. The summed E-state index contributed by atoms with van der Waals surface area (Å²) in [5.74, 6) is 0.0975. The first-order valence-corrected chi connectivity index (χ1v) is 7.39. The number of carbonyl (C=O) groups is 2. The Morgan fingerprint density at radius 3 is 2.95 bits per heavy atom. The smallest absolute Gasteiger partial charge is 0.250 e. The molecule has 0 aliphatic carbocycles. The van der Waals surface area contributed by atoms with Crippen molar-refractivity contribution in [2.45, 2.75) is 31.9 Å². The number of anilines is 1. The Bertz CT molecular complexity index is 558. The molecule has 0 aromatic heterocycles. The molecule has 2 aliphatic heterocycles. The SMILES string of the molecule is COCc1cccc(N2CC(=O)N3CCCCC3C2=O)c1. The molecule has 0 radical (unpaired) electrons. The number of hydrogen-bond acceptors (Lipinski definition) is 3. The zero-order valence-corrected chi connectivity index (χ0v) is 12.2. The zero-order valence-electron chi connectivity index (χ0n) is 12.2. The van der Waals surface area contributed by atoms with Crippen molar-refractivity contribution in [1.29, 1.82) is 0 Å². The molecule has 0 spiro atoms. The number of nitrogens with zero attached hydrogens (tertiary/aromatic N) is 2. The van der Waals surface area contributed by atoms with Crippen LogP contribution in [0.2, 0.25) is 0 Å². The van der Waals surface area contributed by atoms with Gasteiger partial charge in [0.05, 0.1) is 6.61 Å². The topological polar surface area (TPSA) is 49.9 Å². The van der Waals surface area contributed by atoms with Gasteiger partial charge in [-0.05, 0) is 37.0 Å². The molecular formula is C16H20N2O3. The quantitative estimate of drug-likeness (QED) is 0.848. The maximum Gasteiger partial charge on any atom is 0.250 e. The number of fused-ring (bicyclic) bond motifs is 1. The largest absolute Gasteiger partial charge is 0.380 e. The van der Waals surface area contributed by atoms with Gasteiger partial charge in [-0.3, -0.25) is 9.59 Å². The minimum atomic E-state index is -0.272. The van der Waals surface area contributed by atoms with Crippen molar-refractivity contribution in [2.75, 3.05) is 25.1 Å². The van der Waals surface area contributed by atoms with E-state index in [0.29, 0.717) is 13.2 Å². The summed E-state index contributed by atoms with van der Waals surface area (Å²) in [6.07, 6.45) is 2.79. The lowest BCUT2D eigenvalue weighted by molar-refractivity contribution is -0.144. The van der Waals surface area contributed by atoms with Gasteiger partial charge in [0, 0.05) is 19.3 Å². The molecule has 1 aromatic carbocycles. The molecule has 0 N–H and O–H groups in total. The zero-order chi connectivity index (χ0) is 14.8. The average molecular weight is 288 g/mol. The van der Waals surface area contributed by atoms with Crippen molar-refractivity contribution in [2.24, 2.45) is 0 Å². The van der Waals surface area contributed by atoms with Gasteiger partial charge in [0.1, 0.15) is 12.6 Å². The summed E-state index contributed by atoms with van der Waals surface area (Å²) in [5.41, 5.74) is 1.79. The Kier molecular flexibility index (Phi) is 3.92. The number of piperidine rings is 1. The first-order chi connectivity index (χ1) is 10.2. The van der Waals surface area contributed by atoms with E-state index in [1.54, 1.807) is 16.9 Å². The molecule has 0 saturated carbocycles. The standard InChI is InChI=1S/C16H20N2O3/c1-21-11-12-5-4-6-13(9-12)18-10-15(19)17-8-3-2-7-14(17)16(18)20/h4-6,9,14H,2-3,7-8,10-11H2,1H3. The van der Waals surface area contributed by atoms with Gasteiger partial charge in [-0.2, -0.15) is 0 Å². The molecule has 3 rings (SSSR count). The summed E-state index contributed by atoms with van der Waals surface area (Å²) < 4.78 is 5.13. The second-order valence-electron chi connectivity index (χ2n) is 5.63. The van der Waals surface area contributed by atoms with E-state index in [2.05, 4.69) is 0 Å². The maximum absolute atomic E-state index is 12.7. The molecule has 112 valence electrons. The van der Waals surface area contributed by atoms with E-state index in [1.165, 1.54) is 0 Å². The van der Waals surface area contributed by atoms with E-state index in [4.69, 9.17) is 4.74 Å². The number of carbonyl (C=O) groups excluding carboxylic acids is 2. The van der Waals surface area contributed by atoms with Crippen molar-refractivity contribution >= 4 is 17.5 Å². The van der Waals surface area contributed by atoms with E-state index in [9.17, 15) is 9.59 Å². The van der Waals surface area contributed by atoms with Crippen LogP contribution in [0, 0.1) is 0 Å². The number of amides is 2. The third kappa shape index (κ3) is 2.65. The van der Waals surface area contributed by atoms with Gasteiger partial charge in [0.2, 0.25) is 11.8 Å². The second kappa shape index (κ2) is 5.85. The predicted octanol–water partition coefficient (Wildman–Crippen LogP) is 1.56. The Morgan fingerprint density at radius 2 is 2.14 bits per heavy atom. The first kappa shape index (κ1) is 14.1. The third-order valence-corrected chi connectivity index (χ3v) is 4.20. The highest BCUT2D eigenvalue weighted by Gasteiger charge is 2.40. The van der Waals surface area contributed by atoms with Gasteiger partial charge in [-0.15, -0.1) is 0 Å². The van der Waals surface area contributed by atoms with Crippen LogP contribution in [0.15, 0.2) is 24.3 Å². The number of hydrogen-bond donors (Lipinski definition) is 0. The van der Waals surface area contributed by atoms with Crippen LogP contribution >= 0.6 is 0 Å². The van der Waals surface area contributed by atoms with Crippen molar-refractivity contribution in [3.63, 3.8) is 0 Å². The van der Waals surface area contributed by atoms with Crippen LogP contribution in [0.25, 0.3) is 0 Å². The summed E-state index contributed by atoms with van der Waals surface area (Å²) in [6, 6.07) is 7.38. The normalized spacial score (nSPS) is 22.4. The van der Waals surface area contributed by atoms with E-state index >= 15 is 0 Å². The lowest BCUT2D eigenvalue weighted by atomic mass is 9.98. The summed E-state index contributed by atoms with van der Waals surface area (Å²) in [5, 5.41) is 0. The van der Waals surface area contributed by atoms with E-state index < -0.39 is 0 Å². The monoisotopic (exact) mass is 288 g/mol. The summed E-state index contributed by atoms with van der Waals surface area (Å²) in [4.78, 5) is 28.3. The number of benzene rings is 1. The van der Waals surface area contributed by atoms with E-state index in [-0.39, 0.29) is 24.4 Å². The number of ether oxygens (including phenoxy) is 1. The molecule has 21 heavy (non-hydrogen) atoms. The fourth-order valence-corrected chi connectivity index (χ4v) is 3.17. The highest BCUT2D eigenvalue weighted by atomic mass is 16.5. The van der Waals surface area contributed by atoms with Gasteiger partial charge >= 0.3 is 0 Å². The Morgan fingerprint density at radius 1 is 1.29 bits per heavy atom. The van der Waals surface area contributed by atoms with Crippen LogP contribution in [0.1, 0.15) is 24.8 Å². The lowest BCUT2D eigenvalue weighted by Gasteiger charge is -2.42. The minimum absolute atomic E-state index is 0.0452. The Hall–Kier alpha value is -1.88. The summed E-state index contributed by atoms with van der Waals surface area (Å²) >= 11 is 0. The minimum Gasteiger partial charge on any atom is -0.380 e. The molecule has 5 nitrogen and oxygen atoms in total. The Labute approximate surface area is 124 Å². The summed E-state index contributed by atoms with van der Waals surface area (Å²) in [6.45, 7) is 1.36. The van der Waals surface area contributed by atoms with Gasteiger partial charge in [0.25, 0.3) is 0 Å². The molecule has 2 amide bonds. The van der Waals surface area contributed by atoms with Crippen molar-refractivity contribution < 1.29 is 14.3 Å². The molecular weight excluding hydrogens is 268 g/mol. The molecule has 2 heterocycles. The molecule has 2 aliphatic rings. The van der Waals surface area contributed by atoms with Gasteiger partial charge in [-0.25, -0.2) is 0 Å². The number of rotatable bonds is 3. The van der Waals surface area contributed by atoms with Gasteiger partial charge in [0.15, 0.2) is 0 Å². The van der Waals surface area contributed by atoms with E-state index in [0.717, 1.165) is 30.5 Å². The average Bonchev–Trinajstić information content (AvgIpc) is 2.51. The molecule has 1 unspecified atom stereocenters. The maximum atomic E-state index is 12.7. The van der Waals surface area contributed by atoms with Crippen molar-refractivity contribution in [1.82, 2.24) is 4.90 Å². The van der Waals surface area contributed by atoms with Crippen LogP contribution < -0.4 is 4.90 Å². The van der Waals surface area contributed by atoms with Crippen LogP contribution in [0.5, 0.6) is 0 Å². The van der Waals surface area contributed by atoms with Crippen LogP contribution in [0.4, 0.5) is 5.69 Å². The molecule has 2 fully saturated rings. The van der Waals surface area contributed by atoms with Crippen molar-refractivity contribution in [3.8, 4) is 0 Å². The van der Waals surface area contributed by atoms with Gasteiger partial charge < -0.3 is 14.5 Å². The van der Waals surface area contributed by atoms with Crippen LogP contribution in [-0.2, 0) is 20.9 Å². The van der Waals surface area contributed by atoms with Crippen LogP contribution in [0.3, 0.4) is 0 Å². The molecule has 0 bridgehead atoms. The fraction of sp³-hybridized carbons (Fsp3) is 0.500. The molecule has 5 heteroatoms. The molecule has 2 saturated heterocycles.